The molecule has 0 saturated carbocycles. The first-order valence-corrected chi connectivity index (χ1v) is 7.36. The highest BCUT2D eigenvalue weighted by Crippen LogP contribution is 2.28. The number of hydrogen-bond donors (Lipinski definition) is 3. The number of nitrogens with two attached hydrogens (primary N) is 1. The number of piperidine rings is 1. The smallest absolute Gasteiger partial charge is 0.224 e. The Morgan fingerprint density at radius 1 is 1.26 bits per heavy atom. The average Bonchev–Trinajstić information content (AvgIpc) is 2.11. The first kappa shape index (κ1) is 16.4. The highest BCUT2D eigenvalue weighted by Gasteiger charge is 2.38. The van der Waals surface area contributed by atoms with Crippen molar-refractivity contribution in [1.29, 1.82) is 0 Å². The first-order chi connectivity index (χ1) is 8.56. The lowest BCUT2D eigenvalue weighted by Gasteiger charge is -2.46. The summed E-state index contributed by atoms with van der Waals surface area (Å²) < 4.78 is 0. The Labute approximate surface area is 117 Å². The molecule has 112 valence electrons. The van der Waals surface area contributed by atoms with Gasteiger partial charge in [0, 0.05) is 23.7 Å². The van der Waals surface area contributed by atoms with E-state index in [1.54, 1.807) is 0 Å². The summed E-state index contributed by atoms with van der Waals surface area (Å²) in [5.41, 5.74) is 5.82. The van der Waals surface area contributed by atoms with Crippen LogP contribution in [0.3, 0.4) is 0 Å². The van der Waals surface area contributed by atoms with Gasteiger partial charge < -0.3 is 16.4 Å². The van der Waals surface area contributed by atoms with E-state index in [2.05, 4.69) is 38.3 Å². The van der Waals surface area contributed by atoms with E-state index in [0.717, 1.165) is 12.8 Å². The normalized spacial score (nSPS) is 24.2. The van der Waals surface area contributed by atoms with Crippen molar-refractivity contribution in [2.24, 2.45) is 17.6 Å². The molecular weight excluding hydrogens is 238 g/mol. The van der Waals surface area contributed by atoms with Crippen LogP contribution in [-0.2, 0) is 4.79 Å². The molecule has 1 fully saturated rings. The van der Waals surface area contributed by atoms with E-state index in [1.165, 1.54) is 0 Å². The zero-order chi connectivity index (χ0) is 14.8. The second kappa shape index (κ2) is 5.80. The monoisotopic (exact) mass is 269 g/mol. The zero-order valence-electron chi connectivity index (χ0n) is 13.3. The molecule has 1 heterocycles. The summed E-state index contributed by atoms with van der Waals surface area (Å²) in [7, 11) is 0. The predicted octanol–water partition coefficient (Wildman–Crippen LogP) is 1.64. The van der Waals surface area contributed by atoms with Gasteiger partial charge in [-0.2, -0.15) is 0 Å². The molecule has 1 aliphatic rings. The molecular formula is C15H31N3O. The molecule has 0 aromatic heterocycles. The Morgan fingerprint density at radius 3 is 2.11 bits per heavy atom. The maximum absolute atomic E-state index is 12.3. The van der Waals surface area contributed by atoms with Crippen LogP contribution in [0.5, 0.6) is 0 Å². The summed E-state index contributed by atoms with van der Waals surface area (Å²) in [6.45, 7) is 13.3. The van der Waals surface area contributed by atoms with Crippen molar-refractivity contribution >= 4 is 5.91 Å². The van der Waals surface area contributed by atoms with Crippen LogP contribution in [0, 0.1) is 11.8 Å². The summed E-state index contributed by atoms with van der Waals surface area (Å²) in [5.74, 6) is 0.310. The fraction of sp³-hybridized carbons (Fsp3) is 0.933. The molecule has 0 aromatic rings. The summed E-state index contributed by atoms with van der Waals surface area (Å²) in [6, 6.07) is 0.228. The van der Waals surface area contributed by atoms with Gasteiger partial charge in [-0.15, -0.1) is 0 Å². The van der Waals surface area contributed by atoms with Gasteiger partial charge in [0.2, 0.25) is 5.91 Å². The minimum Gasteiger partial charge on any atom is -0.353 e. The van der Waals surface area contributed by atoms with Crippen LogP contribution < -0.4 is 16.4 Å². The molecule has 0 radical (unpaired) electrons. The molecule has 0 bridgehead atoms. The lowest BCUT2D eigenvalue weighted by Crippen LogP contribution is -2.62. The van der Waals surface area contributed by atoms with Gasteiger partial charge in [0.25, 0.3) is 0 Å². The van der Waals surface area contributed by atoms with E-state index in [1.807, 2.05) is 13.8 Å². The van der Waals surface area contributed by atoms with E-state index in [0.29, 0.717) is 6.54 Å². The van der Waals surface area contributed by atoms with Gasteiger partial charge in [-0.1, -0.05) is 13.8 Å². The molecule has 1 atom stereocenters. The highest BCUT2D eigenvalue weighted by molar-refractivity contribution is 5.79. The second-order valence-corrected chi connectivity index (χ2v) is 7.59. The van der Waals surface area contributed by atoms with Gasteiger partial charge in [0.05, 0.1) is 5.92 Å². The quantitative estimate of drug-likeness (QED) is 0.727. The van der Waals surface area contributed by atoms with E-state index in [-0.39, 0.29) is 34.9 Å². The minimum atomic E-state index is -0.0823. The molecule has 19 heavy (non-hydrogen) atoms. The third-order valence-electron chi connectivity index (χ3n) is 3.93. The van der Waals surface area contributed by atoms with Crippen molar-refractivity contribution in [3.05, 3.63) is 0 Å². The first-order valence-electron chi connectivity index (χ1n) is 7.36. The highest BCUT2D eigenvalue weighted by atomic mass is 16.2. The van der Waals surface area contributed by atoms with Crippen LogP contribution in [0.4, 0.5) is 0 Å². The topological polar surface area (TPSA) is 67.2 Å². The van der Waals surface area contributed by atoms with Crippen LogP contribution in [0.1, 0.15) is 54.4 Å². The minimum absolute atomic E-state index is 0.0513. The summed E-state index contributed by atoms with van der Waals surface area (Å²) in [5, 5.41) is 6.83. The fourth-order valence-electron chi connectivity index (χ4n) is 3.41. The molecule has 1 saturated heterocycles. The van der Waals surface area contributed by atoms with Crippen molar-refractivity contribution in [3.63, 3.8) is 0 Å². The molecule has 4 N–H and O–H groups in total. The Bertz CT molecular complexity index is 307. The zero-order valence-corrected chi connectivity index (χ0v) is 13.3. The molecule has 4 nitrogen and oxygen atoms in total. The van der Waals surface area contributed by atoms with Crippen LogP contribution in [-0.4, -0.2) is 29.6 Å². The molecule has 4 heteroatoms. The summed E-state index contributed by atoms with van der Waals surface area (Å²) in [4.78, 5) is 12.3. The second-order valence-electron chi connectivity index (χ2n) is 7.59. The third kappa shape index (κ3) is 4.77. The van der Waals surface area contributed by atoms with Crippen LogP contribution in [0.25, 0.3) is 0 Å². The molecule has 1 unspecified atom stereocenters. The van der Waals surface area contributed by atoms with Crippen LogP contribution in [0.2, 0.25) is 0 Å². The van der Waals surface area contributed by atoms with Gasteiger partial charge in [0.1, 0.15) is 0 Å². The molecule has 1 aliphatic heterocycles. The Kier molecular flexibility index (Phi) is 5.02. The lowest BCUT2D eigenvalue weighted by atomic mass is 9.79. The van der Waals surface area contributed by atoms with Gasteiger partial charge in [0.15, 0.2) is 0 Å². The van der Waals surface area contributed by atoms with Crippen molar-refractivity contribution in [2.75, 3.05) is 6.54 Å². The number of carbonyl (C=O) groups is 1. The number of hydrogen-bond acceptors (Lipinski definition) is 3. The van der Waals surface area contributed by atoms with Crippen molar-refractivity contribution in [2.45, 2.75) is 71.5 Å². The van der Waals surface area contributed by atoms with Gasteiger partial charge in [-0.3, -0.25) is 4.79 Å². The average molecular weight is 269 g/mol. The Hall–Kier alpha value is -0.610. The van der Waals surface area contributed by atoms with E-state index >= 15 is 0 Å². The molecule has 0 aromatic carbocycles. The standard InChI is InChI=1S/C15H31N3O/c1-10(2)12(9-16)13(19)17-11-7-14(3,4)18-15(5,6)8-11/h10-12,18H,7-9,16H2,1-6H3,(H,17,19). The number of amides is 1. The largest absolute Gasteiger partial charge is 0.353 e. The molecule has 0 aliphatic carbocycles. The predicted molar refractivity (Wildman–Crippen MR) is 79.8 cm³/mol. The number of carbonyl (C=O) groups excluding carboxylic acids is 1. The van der Waals surface area contributed by atoms with E-state index < -0.39 is 0 Å². The van der Waals surface area contributed by atoms with E-state index in [9.17, 15) is 4.79 Å². The maximum Gasteiger partial charge on any atom is 0.224 e. The van der Waals surface area contributed by atoms with Gasteiger partial charge >= 0.3 is 0 Å². The van der Waals surface area contributed by atoms with Crippen LogP contribution >= 0.6 is 0 Å². The summed E-state index contributed by atoms with van der Waals surface area (Å²) >= 11 is 0. The van der Waals surface area contributed by atoms with Crippen molar-refractivity contribution in [1.82, 2.24) is 10.6 Å². The van der Waals surface area contributed by atoms with Crippen LogP contribution in [0.15, 0.2) is 0 Å². The maximum atomic E-state index is 12.3. The SMILES string of the molecule is CC(C)C(CN)C(=O)NC1CC(C)(C)NC(C)(C)C1. The Morgan fingerprint density at radius 2 is 1.74 bits per heavy atom. The number of nitrogens with one attached hydrogen (secondary N) is 2. The van der Waals surface area contributed by atoms with Crippen molar-refractivity contribution < 1.29 is 4.79 Å². The lowest BCUT2D eigenvalue weighted by molar-refractivity contribution is -0.127. The molecule has 1 amide bonds. The molecule has 1 rings (SSSR count). The summed E-state index contributed by atoms with van der Waals surface area (Å²) in [6.07, 6.45) is 1.91. The Balaban J connectivity index is 2.68. The number of rotatable bonds is 4. The molecule has 0 spiro atoms. The fourth-order valence-corrected chi connectivity index (χ4v) is 3.41. The van der Waals surface area contributed by atoms with E-state index in [4.69, 9.17) is 5.73 Å². The van der Waals surface area contributed by atoms with Crippen molar-refractivity contribution in [3.8, 4) is 0 Å². The van der Waals surface area contributed by atoms with Gasteiger partial charge in [-0.25, -0.2) is 0 Å². The van der Waals surface area contributed by atoms with Gasteiger partial charge in [-0.05, 0) is 46.5 Å². The third-order valence-corrected chi connectivity index (χ3v) is 3.93.